The Hall–Kier alpha value is -1.41. The van der Waals surface area contributed by atoms with E-state index in [-0.39, 0.29) is 16.9 Å². The maximum absolute atomic E-state index is 12.8. The van der Waals surface area contributed by atoms with Crippen LogP contribution >= 0.6 is 11.6 Å². The number of nitrogens with zero attached hydrogens (tertiary/aromatic N) is 2. The number of sulfonamides is 1. The van der Waals surface area contributed by atoms with Gasteiger partial charge in [-0.15, -0.1) is 0 Å². The lowest BCUT2D eigenvalue weighted by molar-refractivity contribution is 0.0280. The highest BCUT2D eigenvalue weighted by Gasteiger charge is 2.37. The summed E-state index contributed by atoms with van der Waals surface area (Å²) in [7, 11) is -1.95. The first-order valence-electron chi connectivity index (χ1n) is 7.71. The Morgan fingerprint density at radius 2 is 2.12 bits per heavy atom. The lowest BCUT2D eigenvalue weighted by Crippen LogP contribution is -2.41. The fraction of sp³-hybridized carbons (Fsp3) is 0.438. The summed E-state index contributed by atoms with van der Waals surface area (Å²) < 4.78 is 29.9. The Labute approximate surface area is 146 Å². The van der Waals surface area contributed by atoms with Crippen molar-refractivity contribution in [2.45, 2.75) is 36.8 Å². The van der Waals surface area contributed by atoms with Crippen molar-refractivity contribution in [3.05, 3.63) is 46.7 Å². The van der Waals surface area contributed by atoms with Crippen molar-refractivity contribution >= 4 is 21.6 Å². The zero-order valence-electron chi connectivity index (χ0n) is 13.5. The summed E-state index contributed by atoms with van der Waals surface area (Å²) in [5.41, 5.74) is 1.61. The molecule has 1 saturated carbocycles. The molecule has 0 amide bonds. The molecule has 8 heteroatoms. The van der Waals surface area contributed by atoms with Crippen molar-refractivity contribution in [1.82, 2.24) is 14.5 Å². The van der Waals surface area contributed by atoms with Gasteiger partial charge >= 0.3 is 0 Å². The molecule has 2 aromatic rings. The molecule has 1 fully saturated rings. The van der Waals surface area contributed by atoms with Crippen LogP contribution in [0.5, 0.6) is 0 Å². The topological polar surface area (TPSA) is 84.2 Å². The van der Waals surface area contributed by atoms with Gasteiger partial charge in [0.15, 0.2) is 0 Å². The molecule has 24 heavy (non-hydrogen) atoms. The first kappa shape index (κ1) is 17.4. The minimum absolute atomic E-state index is 0.0416. The summed E-state index contributed by atoms with van der Waals surface area (Å²) in [6.07, 6.45) is 4.21. The molecule has 0 saturated heterocycles. The van der Waals surface area contributed by atoms with Crippen molar-refractivity contribution in [1.29, 1.82) is 0 Å². The van der Waals surface area contributed by atoms with Crippen molar-refractivity contribution in [2.24, 2.45) is 13.0 Å². The Morgan fingerprint density at radius 3 is 2.67 bits per heavy atom. The van der Waals surface area contributed by atoms with Crippen molar-refractivity contribution in [3.63, 3.8) is 0 Å². The number of aromatic nitrogens is 2. The van der Waals surface area contributed by atoms with Crippen LogP contribution in [0.1, 0.15) is 30.0 Å². The quantitative estimate of drug-likeness (QED) is 0.846. The van der Waals surface area contributed by atoms with Crippen LogP contribution in [-0.2, 0) is 17.1 Å². The van der Waals surface area contributed by atoms with E-state index in [0.29, 0.717) is 17.9 Å². The third-order valence-corrected chi connectivity index (χ3v) is 6.29. The molecule has 1 aliphatic rings. The number of hydrogen-bond donors (Lipinski definition) is 2. The largest absolute Gasteiger partial charge is 0.393 e. The molecular formula is C16H20ClN3O3S. The molecule has 0 aliphatic heterocycles. The summed E-state index contributed by atoms with van der Waals surface area (Å²) in [6.45, 7) is 1.82. The van der Waals surface area contributed by atoms with Gasteiger partial charge in [0.05, 0.1) is 23.2 Å². The fourth-order valence-electron chi connectivity index (χ4n) is 2.92. The van der Waals surface area contributed by atoms with Gasteiger partial charge in [0.1, 0.15) is 0 Å². The molecular weight excluding hydrogens is 350 g/mol. The van der Waals surface area contributed by atoms with Crippen molar-refractivity contribution in [2.75, 3.05) is 0 Å². The highest BCUT2D eigenvalue weighted by Crippen LogP contribution is 2.38. The van der Waals surface area contributed by atoms with E-state index >= 15 is 0 Å². The number of hydrogen-bond acceptors (Lipinski definition) is 4. The van der Waals surface area contributed by atoms with Gasteiger partial charge < -0.3 is 5.11 Å². The van der Waals surface area contributed by atoms with E-state index in [1.165, 1.54) is 6.07 Å². The van der Waals surface area contributed by atoms with Crippen LogP contribution in [0.2, 0.25) is 5.02 Å². The first-order chi connectivity index (χ1) is 11.3. The van der Waals surface area contributed by atoms with Crippen LogP contribution in [0.25, 0.3) is 0 Å². The van der Waals surface area contributed by atoms with Crippen molar-refractivity contribution in [3.8, 4) is 0 Å². The fourth-order valence-corrected chi connectivity index (χ4v) is 4.48. The van der Waals surface area contributed by atoms with E-state index < -0.39 is 16.1 Å². The predicted octanol–water partition coefficient (Wildman–Crippen LogP) is 2.17. The van der Waals surface area contributed by atoms with E-state index in [9.17, 15) is 13.5 Å². The van der Waals surface area contributed by atoms with Gasteiger partial charge in [-0.05, 0) is 43.4 Å². The Bertz CT molecular complexity index is 844. The molecule has 1 aromatic heterocycles. The molecule has 1 unspecified atom stereocenters. The van der Waals surface area contributed by atoms with Crippen LogP contribution in [0, 0.1) is 12.8 Å². The lowest BCUT2D eigenvalue weighted by atomic mass is 9.76. The van der Waals surface area contributed by atoms with E-state index in [1.807, 2.05) is 6.92 Å². The monoisotopic (exact) mass is 369 g/mol. The highest BCUT2D eigenvalue weighted by atomic mass is 35.5. The average Bonchev–Trinajstić information content (AvgIpc) is 2.91. The van der Waals surface area contributed by atoms with Crippen LogP contribution in [0.15, 0.2) is 35.5 Å². The number of nitrogens with one attached hydrogen (secondary N) is 1. The number of aryl methyl sites for hydroxylation is 2. The molecule has 1 aliphatic carbocycles. The number of halogens is 1. The minimum Gasteiger partial charge on any atom is -0.393 e. The van der Waals surface area contributed by atoms with Gasteiger partial charge in [0.25, 0.3) is 0 Å². The Morgan fingerprint density at radius 1 is 1.42 bits per heavy atom. The van der Waals surface area contributed by atoms with Gasteiger partial charge in [-0.1, -0.05) is 17.7 Å². The second-order valence-electron chi connectivity index (χ2n) is 6.34. The third-order valence-electron chi connectivity index (χ3n) is 4.44. The molecule has 1 aromatic carbocycles. The SMILES string of the molecule is Cc1ccc(S(=O)(=O)NC(c2cnn(C)c2)C2CC(O)C2)cc1Cl. The molecule has 6 nitrogen and oxygen atoms in total. The smallest absolute Gasteiger partial charge is 0.241 e. The van der Waals surface area contributed by atoms with Gasteiger partial charge in [-0.25, -0.2) is 13.1 Å². The minimum atomic E-state index is -3.73. The highest BCUT2D eigenvalue weighted by molar-refractivity contribution is 7.89. The zero-order chi connectivity index (χ0) is 17.5. The summed E-state index contributed by atoms with van der Waals surface area (Å²) >= 11 is 6.06. The molecule has 3 rings (SSSR count). The molecule has 130 valence electrons. The van der Waals surface area contributed by atoms with Gasteiger partial charge in [0.2, 0.25) is 10.0 Å². The van der Waals surface area contributed by atoms with E-state index in [2.05, 4.69) is 9.82 Å². The van der Waals surface area contributed by atoms with E-state index in [0.717, 1.165) is 11.1 Å². The second kappa shape index (κ2) is 6.48. The maximum Gasteiger partial charge on any atom is 0.241 e. The van der Waals surface area contributed by atoms with E-state index in [1.54, 1.807) is 36.3 Å². The maximum atomic E-state index is 12.8. The van der Waals surface area contributed by atoms with Crippen LogP contribution in [-0.4, -0.2) is 29.4 Å². The van der Waals surface area contributed by atoms with Gasteiger partial charge in [0, 0.05) is 23.8 Å². The molecule has 1 atom stereocenters. The molecule has 1 heterocycles. The Kier molecular flexibility index (Phi) is 4.70. The molecule has 0 bridgehead atoms. The van der Waals surface area contributed by atoms with E-state index in [4.69, 9.17) is 11.6 Å². The number of benzene rings is 1. The molecule has 0 radical (unpaired) electrons. The van der Waals surface area contributed by atoms with Crippen LogP contribution in [0.4, 0.5) is 0 Å². The molecule has 2 N–H and O–H groups in total. The second-order valence-corrected chi connectivity index (χ2v) is 8.46. The van der Waals surface area contributed by atoms with Crippen molar-refractivity contribution < 1.29 is 13.5 Å². The molecule has 0 spiro atoms. The number of aliphatic hydroxyl groups is 1. The summed E-state index contributed by atoms with van der Waals surface area (Å²) in [5, 5.41) is 14.1. The predicted molar refractivity (Wildman–Crippen MR) is 91.2 cm³/mol. The standard InChI is InChI=1S/C16H20ClN3O3S/c1-10-3-4-14(7-15(10)17)24(22,23)19-16(11-5-13(21)6-11)12-8-18-20(2)9-12/h3-4,7-9,11,13,16,19,21H,5-6H2,1-2H3. The summed E-state index contributed by atoms with van der Waals surface area (Å²) in [5.74, 6) is 0.0416. The Balaban J connectivity index is 1.89. The van der Waals surface area contributed by atoms with Crippen LogP contribution in [0.3, 0.4) is 0 Å². The summed E-state index contributed by atoms with van der Waals surface area (Å²) in [6, 6.07) is 4.25. The zero-order valence-corrected chi connectivity index (χ0v) is 15.0. The lowest BCUT2D eigenvalue weighted by Gasteiger charge is -2.37. The first-order valence-corrected chi connectivity index (χ1v) is 9.57. The summed E-state index contributed by atoms with van der Waals surface area (Å²) in [4.78, 5) is 0.131. The third kappa shape index (κ3) is 3.49. The van der Waals surface area contributed by atoms with Gasteiger partial charge in [-0.3, -0.25) is 4.68 Å². The average molecular weight is 370 g/mol. The van der Waals surface area contributed by atoms with Crippen LogP contribution < -0.4 is 4.72 Å². The number of rotatable bonds is 5. The van der Waals surface area contributed by atoms with Gasteiger partial charge in [-0.2, -0.15) is 5.10 Å². The normalized spacial score (nSPS) is 22.2. The number of aliphatic hydroxyl groups excluding tert-OH is 1.